The van der Waals surface area contributed by atoms with Gasteiger partial charge in [-0.1, -0.05) is 97.1 Å². The number of carbonyl (C=O) groups excluding carboxylic acids is 2. The minimum absolute atomic E-state index is 0.426. The molecule has 0 heterocycles. The molecule has 2 atom stereocenters. The van der Waals surface area contributed by atoms with Gasteiger partial charge >= 0.3 is 11.9 Å². The SMILES string of the molecule is O=C(O[C@H](c1ccccc1)[C@@H](OC(=O)c1ccccc1)c1ccccc1)c1ccccc1. The van der Waals surface area contributed by atoms with E-state index in [2.05, 4.69) is 0 Å². The normalized spacial score (nSPS) is 12.4. The van der Waals surface area contributed by atoms with Crippen molar-refractivity contribution >= 4 is 11.9 Å². The van der Waals surface area contributed by atoms with E-state index in [-0.39, 0.29) is 0 Å². The molecule has 4 rings (SSSR count). The molecule has 158 valence electrons. The molecule has 4 nitrogen and oxygen atoms in total. The summed E-state index contributed by atoms with van der Waals surface area (Å²) in [7, 11) is 0. The van der Waals surface area contributed by atoms with Crippen molar-refractivity contribution in [2.24, 2.45) is 0 Å². The topological polar surface area (TPSA) is 52.6 Å². The maximum absolute atomic E-state index is 13.0. The number of benzene rings is 4. The molecule has 0 amide bonds. The van der Waals surface area contributed by atoms with E-state index in [0.29, 0.717) is 11.1 Å². The largest absolute Gasteiger partial charge is 0.450 e. The molecule has 0 N–H and O–H groups in total. The number of rotatable bonds is 7. The molecule has 0 aliphatic heterocycles. The van der Waals surface area contributed by atoms with Gasteiger partial charge in [0.15, 0.2) is 12.2 Å². The van der Waals surface area contributed by atoms with Gasteiger partial charge in [-0.25, -0.2) is 9.59 Å². The predicted molar refractivity (Wildman–Crippen MR) is 122 cm³/mol. The van der Waals surface area contributed by atoms with Gasteiger partial charge < -0.3 is 9.47 Å². The van der Waals surface area contributed by atoms with Gasteiger partial charge in [-0.05, 0) is 35.4 Å². The zero-order chi connectivity index (χ0) is 22.2. The van der Waals surface area contributed by atoms with Crippen LogP contribution in [0.4, 0.5) is 0 Å². The van der Waals surface area contributed by atoms with Crippen LogP contribution in [0.2, 0.25) is 0 Å². The molecular formula is C28H22O4. The van der Waals surface area contributed by atoms with Gasteiger partial charge in [0.2, 0.25) is 0 Å². The first-order valence-corrected chi connectivity index (χ1v) is 10.3. The van der Waals surface area contributed by atoms with Crippen LogP contribution < -0.4 is 0 Å². The molecule has 4 heteroatoms. The fourth-order valence-corrected chi connectivity index (χ4v) is 3.41. The third kappa shape index (κ3) is 5.10. The third-order valence-electron chi connectivity index (χ3n) is 5.02. The van der Waals surface area contributed by atoms with E-state index in [1.54, 1.807) is 48.5 Å². The van der Waals surface area contributed by atoms with Crippen molar-refractivity contribution in [1.82, 2.24) is 0 Å². The smallest absolute Gasteiger partial charge is 0.338 e. The number of esters is 2. The van der Waals surface area contributed by atoms with Crippen LogP contribution in [-0.2, 0) is 9.47 Å². The Morgan fingerprint density at radius 1 is 0.438 bits per heavy atom. The quantitative estimate of drug-likeness (QED) is 0.334. The van der Waals surface area contributed by atoms with E-state index in [4.69, 9.17) is 9.47 Å². The Kier molecular flexibility index (Phi) is 6.73. The van der Waals surface area contributed by atoms with E-state index in [0.717, 1.165) is 11.1 Å². The summed E-state index contributed by atoms with van der Waals surface area (Å²) in [6.45, 7) is 0. The highest BCUT2D eigenvalue weighted by atomic mass is 16.6. The van der Waals surface area contributed by atoms with Crippen molar-refractivity contribution in [3.05, 3.63) is 144 Å². The molecule has 0 aromatic heterocycles. The lowest BCUT2D eigenvalue weighted by Gasteiger charge is -2.28. The van der Waals surface area contributed by atoms with Crippen molar-refractivity contribution in [2.45, 2.75) is 12.2 Å². The summed E-state index contributed by atoms with van der Waals surface area (Å²) in [5, 5.41) is 0. The molecule has 0 saturated carbocycles. The van der Waals surface area contributed by atoms with Gasteiger partial charge in [0.25, 0.3) is 0 Å². The lowest BCUT2D eigenvalue weighted by molar-refractivity contribution is -0.0388. The molecule has 0 unspecified atom stereocenters. The van der Waals surface area contributed by atoms with E-state index < -0.39 is 24.1 Å². The first kappa shape index (κ1) is 21.1. The Bertz CT molecular complexity index is 1050. The molecule has 4 aromatic carbocycles. The van der Waals surface area contributed by atoms with Crippen LogP contribution in [0.5, 0.6) is 0 Å². The highest BCUT2D eigenvalue weighted by molar-refractivity contribution is 5.90. The summed E-state index contributed by atoms with van der Waals surface area (Å²) >= 11 is 0. The van der Waals surface area contributed by atoms with E-state index in [9.17, 15) is 9.59 Å². The van der Waals surface area contributed by atoms with E-state index >= 15 is 0 Å². The van der Waals surface area contributed by atoms with Gasteiger partial charge in [0.05, 0.1) is 11.1 Å². The summed E-state index contributed by atoms with van der Waals surface area (Å²) in [5.41, 5.74) is 2.31. The zero-order valence-corrected chi connectivity index (χ0v) is 17.3. The second-order valence-electron chi connectivity index (χ2n) is 7.21. The van der Waals surface area contributed by atoms with Crippen LogP contribution in [0.15, 0.2) is 121 Å². The van der Waals surface area contributed by atoms with Crippen molar-refractivity contribution in [3.8, 4) is 0 Å². The Balaban J connectivity index is 1.72. The molecule has 32 heavy (non-hydrogen) atoms. The van der Waals surface area contributed by atoms with Crippen LogP contribution in [0.25, 0.3) is 0 Å². The maximum Gasteiger partial charge on any atom is 0.338 e. The maximum atomic E-state index is 13.0. The standard InChI is InChI=1S/C28H22O4/c29-27(23-17-9-3-10-18-23)31-25(21-13-5-1-6-14-21)26(22-15-7-2-8-16-22)32-28(30)24-19-11-4-12-20-24/h1-20,25-26H/t25-,26+. The predicted octanol–water partition coefficient (Wildman–Crippen LogP) is 6.18. The Morgan fingerprint density at radius 2 is 0.719 bits per heavy atom. The van der Waals surface area contributed by atoms with Crippen molar-refractivity contribution < 1.29 is 19.1 Å². The third-order valence-corrected chi connectivity index (χ3v) is 5.02. The summed E-state index contributed by atoms with van der Waals surface area (Å²) < 4.78 is 11.9. The number of ether oxygens (including phenoxy) is 2. The second kappa shape index (κ2) is 10.2. The van der Waals surface area contributed by atoms with Crippen LogP contribution in [0.1, 0.15) is 44.1 Å². The Labute approximate surface area is 187 Å². The number of hydrogen-bond donors (Lipinski definition) is 0. The Morgan fingerprint density at radius 3 is 1.03 bits per heavy atom. The highest BCUT2D eigenvalue weighted by Gasteiger charge is 2.32. The van der Waals surface area contributed by atoms with Gasteiger partial charge in [0, 0.05) is 0 Å². The summed E-state index contributed by atoms with van der Waals surface area (Å²) in [6.07, 6.45) is -1.67. The van der Waals surface area contributed by atoms with E-state index in [1.807, 2.05) is 72.8 Å². The van der Waals surface area contributed by atoms with Crippen LogP contribution >= 0.6 is 0 Å². The van der Waals surface area contributed by atoms with Crippen molar-refractivity contribution in [1.29, 1.82) is 0 Å². The molecule has 4 aromatic rings. The molecule has 0 saturated heterocycles. The van der Waals surface area contributed by atoms with E-state index in [1.165, 1.54) is 0 Å². The van der Waals surface area contributed by atoms with Crippen molar-refractivity contribution in [2.75, 3.05) is 0 Å². The van der Waals surface area contributed by atoms with Gasteiger partial charge in [0.1, 0.15) is 0 Å². The number of hydrogen-bond acceptors (Lipinski definition) is 4. The van der Waals surface area contributed by atoms with Gasteiger partial charge in [-0.2, -0.15) is 0 Å². The number of carbonyl (C=O) groups is 2. The monoisotopic (exact) mass is 422 g/mol. The molecule has 0 radical (unpaired) electrons. The summed E-state index contributed by atoms with van der Waals surface area (Å²) in [4.78, 5) is 25.9. The lowest BCUT2D eigenvalue weighted by atomic mass is 9.97. The highest BCUT2D eigenvalue weighted by Crippen LogP contribution is 2.36. The summed E-state index contributed by atoms with van der Waals surface area (Å²) in [5.74, 6) is -0.979. The van der Waals surface area contributed by atoms with Crippen LogP contribution in [0, 0.1) is 0 Å². The molecule has 0 aliphatic rings. The molecule has 0 bridgehead atoms. The van der Waals surface area contributed by atoms with Gasteiger partial charge in [-0.15, -0.1) is 0 Å². The molecule has 0 aliphatic carbocycles. The van der Waals surface area contributed by atoms with Crippen LogP contribution in [-0.4, -0.2) is 11.9 Å². The first-order chi connectivity index (χ1) is 15.7. The molecular weight excluding hydrogens is 400 g/mol. The minimum atomic E-state index is -0.834. The summed E-state index contributed by atoms with van der Waals surface area (Å²) in [6, 6.07) is 36.2. The first-order valence-electron chi connectivity index (χ1n) is 10.3. The zero-order valence-electron chi connectivity index (χ0n) is 17.3. The lowest BCUT2D eigenvalue weighted by Crippen LogP contribution is -2.23. The van der Waals surface area contributed by atoms with Crippen molar-refractivity contribution in [3.63, 3.8) is 0 Å². The fourth-order valence-electron chi connectivity index (χ4n) is 3.41. The second-order valence-corrected chi connectivity index (χ2v) is 7.21. The van der Waals surface area contributed by atoms with Crippen LogP contribution in [0.3, 0.4) is 0 Å². The molecule has 0 spiro atoms. The van der Waals surface area contributed by atoms with Gasteiger partial charge in [-0.3, -0.25) is 0 Å². The molecule has 0 fully saturated rings. The fraction of sp³-hybridized carbons (Fsp3) is 0.0714. The Hall–Kier alpha value is -4.18. The minimum Gasteiger partial charge on any atom is -0.450 e. The average Bonchev–Trinajstić information content (AvgIpc) is 2.88. The average molecular weight is 422 g/mol.